The van der Waals surface area contributed by atoms with Crippen LogP contribution in [0.5, 0.6) is 5.75 Å². The van der Waals surface area contributed by atoms with E-state index in [9.17, 15) is 4.79 Å². The third-order valence-electron chi connectivity index (χ3n) is 5.94. The third kappa shape index (κ3) is 4.58. The van der Waals surface area contributed by atoms with Gasteiger partial charge in [0.15, 0.2) is 10.7 Å². The van der Waals surface area contributed by atoms with Gasteiger partial charge in [-0.25, -0.2) is 4.98 Å². The molecule has 1 amide bonds. The minimum absolute atomic E-state index is 0.155. The Labute approximate surface area is 207 Å². The molecule has 0 bridgehead atoms. The van der Waals surface area contributed by atoms with Crippen LogP contribution >= 0.6 is 12.2 Å². The van der Waals surface area contributed by atoms with Gasteiger partial charge in [-0.1, -0.05) is 30.3 Å². The number of carbonyl (C=O) groups excluding carboxylic acids is 1. The van der Waals surface area contributed by atoms with E-state index in [0.29, 0.717) is 22.9 Å². The number of ether oxygens (including phenoxy) is 1. The average molecular weight is 482 g/mol. The number of nitrogens with zero attached hydrogens (tertiary/aromatic N) is 1. The van der Waals surface area contributed by atoms with Crippen LogP contribution in [-0.2, 0) is 0 Å². The van der Waals surface area contributed by atoms with Crippen molar-refractivity contribution in [1.29, 1.82) is 0 Å². The number of aryl methyl sites for hydroxylation is 2. The number of hydrogen-bond acceptors (Lipinski definition) is 5. The van der Waals surface area contributed by atoms with Gasteiger partial charge in [-0.05, 0) is 90.4 Å². The molecule has 0 aliphatic carbocycles. The number of methoxy groups -OCH3 is 1. The van der Waals surface area contributed by atoms with Crippen LogP contribution in [0.3, 0.4) is 0 Å². The molecule has 1 heterocycles. The summed E-state index contributed by atoms with van der Waals surface area (Å²) in [5, 5.41) is 8.01. The molecular formula is C28H23N3O3S. The highest BCUT2D eigenvalue weighted by Crippen LogP contribution is 2.32. The zero-order valence-electron chi connectivity index (χ0n) is 19.5. The molecule has 0 atom stereocenters. The normalized spacial score (nSPS) is 10.9. The predicted molar refractivity (Wildman–Crippen MR) is 143 cm³/mol. The molecule has 1 aromatic heterocycles. The van der Waals surface area contributed by atoms with Crippen LogP contribution < -0.4 is 15.4 Å². The van der Waals surface area contributed by atoms with E-state index >= 15 is 0 Å². The smallest absolute Gasteiger partial charge is 0.257 e. The maximum Gasteiger partial charge on any atom is 0.257 e. The molecule has 4 aromatic carbocycles. The second kappa shape index (κ2) is 9.19. The molecule has 7 heteroatoms. The van der Waals surface area contributed by atoms with E-state index in [2.05, 4.69) is 15.6 Å². The monoisotopic (exact) mass is 481 g/mol. The number of aromatic nitrogens is 1. The Bertz CT molecular complexity index is 1570. The van der Waals surface area contributed by atoms with Crippen molar-refractivity contribution in [3.05, 3.63) is 89.5 Å². The van der Waals surface area contributed by atoms with Gasteiger partial charge in [0.2, 0.25) is 5.89 Å². The van der Waals surface area contributed by atoms with Crippen LogP contribution in [0, 0.1) is 13.8 Å². The van der Waals surface area contributed by atoms with Crippen molar-refractivity contribution in [2.45, 2.75) is 13.8 Å². The lowest BCUT2D eigenvalue weighted by Gasteiger charge is -2.14. The Morgan fingerprint density at radius 2 is 1.71 bits per heavy atom. The summed E-state index contributed by atoms with van der Waals surface area (Å²) in [6.45, 7) is 4.09. The van der Waals surface area contributed by atoms with Crippen LogP contribution in [0.2, 0.25) is 0 Å². The predicted octanol–water partition coefficient (Wildman–Crippen LogP) is 6.40. The van der Waals surface area contributed by atoms with Crippen LogP contribution in [-0.4, -0.2) is 23.1 Å². The fourth-order valence-corrected chi connectivity index (χ4v) is 4.10. The van der Waals surface area contributed by atoms with Gasteiger partial charge in [-0.3, -0.25) is 10.1 Å². The quantitative estimate of drug-likeness (QED) is 0.289. The third-order valence-corrected chi connectivity index (χ3v) is 6.14. The van der Waals surface area contributed by atoms with Gasteiger partial charge in [-0.15, -0.1) is 0 Å². The first-order chi connectivity index (χ1) is 16.9. The fraction of sp³-hybridized carbons (Fsp3) is 0.107. The summed E-state index contributed by atoms with van der Waals surface area (Å²) >= 11 is 5.42. The van der Waals surface area contributed by atoms with E-state index in [4.69, 9.17) is 21.4 Å². The van der Waals surface area contributed by atoms with Crippen LogP contribution in [0.4, 0.5) is 5.69 Å². The molecule has 0 aliphatic heterocycles. The molecule has 5 aromatic rings. The summed E-state index contributed by atoms with van der Waals surface area (Å²) in [5.41, 5.74) is 5.68. The molecule has 0 saturated carbocycles. The van der Waals surface area contributed by atoms with E-state index in [-0.39, 0.29) is 11.0 Å². The maximum absolute atomic E-state index is 12.8. The molecule has 0 saturated heterocycles. The van der Waals surface area contributed by atoms with Crippen molar-refractivity contribution in [1.82, 2.24) is 10.3 Å². The van der Waals surface area contributed by atoms with E-state index in [0.717, 1.165) is 38.6 Å². The average Bonchev–Trinajstić information content (AvgIpc) is 3.26. The number of anilines is 1. The number of amides is 1. The lowest BCUT2D eigenvalue weighted by molar-refractivity contribution is 0.0978. The number of oxazole rings is 1. The number of benzene rings is 4. The zero-order valence-corrected chi connectivity index (χ0v) is 20.3. The van der Waals surface area contributed by atoms with E-state index < -0.39 is 0 Å². The number of rotatable bonds is 4. The summed E-state index contributed by atoms with van der Waals surface area (Å²) in [6, 6.07) is 22.9. The summed E-state index contributed by atoms with van der Waals surface area (Å²) in [7, 11) is 1.57. The number of thiocarbonyl (C=S) groups is 1. The summed E-state index contributed by atoms with van der Waals surface area (Å²) in [5.74, 6) is 0.758. The molecule has 174 valence electrons. The fourth-order valence-electron chi connectivity index (χ4n) is 3.90. The second-order valence-corrected chi connectivity index (χ2v) is 8.72. The molecule has 6 nitrogen and oxygen atoms in total. The largest absolute Gasteiger partial charge is 0.495 e. The first-order valence-corrected chi connectivity index (χ1v) is 11.5. The van der Waals surface area contributed by atoms with Gasteiger partial charge < -0.3 is 14.5 Å². The molecule has 0 unspecified atom stereocenters. The van der Waals surface area contributed by atoms with E-state index in [1.54, 1.807) is 19.2 Å². The van der Waals surface area contributed by atoms with E-state index in [1.165, 1.54) is 0 Å². The first kappa shape index (κ1) is 22.6. The standard InChI is InChI=1S/C28H23N3O3S/c1-16-12-22-25(13-17(16)2)34-27(29-22)21-10-11-24(33-3)23(15-21)30-28(35)31-26(32)20-9-8-18-6-4-5-7-19(18)14-20/h4-15H,1-3H3,(H2,30,31,32,35). The minimum Gasteiger partial charge on any atom is -0.495 e. The van der Waals surface area contributed by atoms with E-state index in [1.807, 2.05) is 74.5 Å². The van der Waals surface area contributed by atoms with Gasteiger partial charge in [0, 0.05) is 11.1 Å². The number of hydrogen-bond donors (Lipinski definition) is 2. The van der Waals surface area contributed by atoms with Gasteiger partial charge >= 0.3 is 0 Å². The maximum atomic E-state index is 12.8. The molecule has 0 spiro atoms. The highest BCUT2D eigenvalue weighted by molar-refractivity contribution is 7.80. The lowest BCUT2D eigenvalue weighted by atomic mass is 10.1. The van der Waals surface area contributed by atoms with Gasteiger partial charge in [-0.2, -0.15) is 0 Å². The zero-order chi connectivity index (χ0) is 24.5. The lowest BCUT2D eigenvalue weighted by Crippen LogP contribution is -2.34. The minimum atomic E-state index is -0.298. The molecule has 2 N–H and O–H groups in total. The molecule has 35 heavy (non-hydrogen) atoms. The van der Waals surface area contributed by atoms with Crippen molar-refractivity contribution < 1.29 is 13.9 Å². The van der Waals surface area contributed by atoms with Gasteiger partial charge in [0.25, 0.3) is 5.91 Å². The number of fused-ring (bicyclic) bond motifs is 2. The summed E-state index contributed by atoms with van der Waals surface area (Å²) < 4.78 is 11.5. The van der Waals surface area contributed by atoms with Crippen LogP contribution in [0.15, 0.2) is 77.2 Å². The highest BCUT2D eigenvalue weighted by Gasteiger charge is 2.15. The summed E-state index contributed by atoms with van der Waals surface area (Å²) in [6.07, 6.45) is 0. The first-order valence-electron chi connectivity index (χ1n) is 11.1. The second-order valence-electron chi connectivity index (χ2n) is 8.31. The van der Waals surface area contributed by atoms with Gasteiger partial charge in [0.05, 0.1) is 12.8 Å². The number of nitrogens with one attached hydrogen (secondary N) is 2. The van der Waals surface area contributed by atoms with Crippen LogP contribution in [0.1, 0.15) is 21.5 Å². The Balaban J connectivity index is 1.37. The molecule has 0 radical (unpaired) electrons. The molecule has 5 rings (SSSR count). The molecule has 0 fully saturated rings. The highest BCUT2D eigenvalue weighted by atomic mass is 32.1. The van der Waals surface area contributed by atoms with Crippen molar-refractivity contribution in [2.75, 3.05) is 12.4 Å². The van der Waals surface area contributed by atoms with Crippen molar-refractivity contribution >= 4 is 50.8 Å². The van der Waals surface area contributed by atoms with Gasteiger partial charge in [0.1, 0.15) is 11.3 Å². The van der Waals surface area contributed by atoms with Crippen molar-refractivity contribution in [3.8, 4) is 17.2 Å². The van der Waals surface area contributed by atoms with Crippen molar-refractivity contribution in [3.63, 3.8) is 0 Å². The Morgan fingerprint density at radius 1 is 0.943 bits per heavy atom. The van der Waals surface area contributed by atoms with Crippen molar-refractivity contribution in [2.24, 2.45) is 0 Å². The Hall–Kier alpha value is -4.23. The Morgan fingerprint density at radius 3 is 2.51 bits per heavy atom. The molecular weight excluding hydrogens is 458 g/mol. The molecule has 0 aliphatic rings. The Kier molecular flexibility index (Phi) is 5.93. The summed E-state index contributed by atoms with van der Waals surface area (Å²) in [4.78, 5) is 17.4. The SMILES string of the molecule is COc1ccc(-c2nc3cc(C)c(C)cc3o2)cc1NC(=S)NC(=O)c1ccc2ccccc2c1. The number of carbonyl (C=O) groups is 1. The topological polar surface area (TPSA) is 76.4 Å². The van der Waals surface area contributed by atoms with Crippen LogP contribution in [0.25, 0.3) is 33.3 Å².